The van der Waals surface area contributed by atoms with Crippen molar-refractivity contribution in [3.8, 4) is 0 Å². The van der Waals surface area contributed by atoms with Gasteiger partial charge in [-0.25, -0.2) is 0 Å². The van der Waals surface area contributed by atoms with Gasteiger partial charge in [0.25, 0.3) is 0 Å². The third-order valence-electron chi connectivity index (χ3n) is 5.79. The Bertz CT molecular complexity index is 464. The van der Waals surface area contributed by atoms with Gasteiger partial charge in [0.15, 0.2) is 0 Å². The van der Waals surface area contributed by atoms with Crippen molar-refractivity contribution in [3.05, 3.63) is 35.9 Å². The smallest absolute Gasteiger partial charge is 0.0897 e. The van der Waals surface area contributed by atoms with Gasteiger partial charge >= 0.3 is 0 Å². The summed E-state index contributed by atoms with van der Waals surface area (Å²) >= 11 is 0. The number of hydrogen-bond acceptors (Lipinski definition) is 3. The van der Waals surface area contributed by atoms with Gasteiger partial charge in [0.2, 0.25) is 0 Å². The molecule has 2 saturated carbocycles. The monoisotopic (exact) mass is 317 g/mol. The molecule has 3 rings (SSSR count). The van der Waals surface area contributed by atoms with Crippen LogP contribution in [-0.4, -0.2) is 31.0 Å². The molecule has 128 valence electrons. The molecule has 1 aromatic carbocycles. The maximum Gasteiger partial charge on any atom is 0.0897 e. The molecule has 0 saturated heterocycles. The van der Waals surface area contributed by atoms with Crippen molar-refractivity contribution in [1.82, 2.24) is 5.32 Å². The van der Waals surface area contributed by atoms with E-state index in [4.69, 9.17) is 4.74 Å². The summed E-state index contributed by atoms with van der Waals surface area (Å²) in [5.41, 5.74) is 1.25. The fraction of sp³-hybridized carbons (Fsp3) is 0.700. The molecule has 2 aliphatic rings. The normalized spacial score (nSPS) is 28.9. The van der Waals surface area contributed by atoms with Crippen LogP contribution in [0.4, 0.5) is 0 Å². The maximum atomic E-state index is 10.1. The minimum atomic E-state index is -0.429. The van der Waals surface area contributed by atoms with E-state index in [2.05, 4.69) is 24.4 Å². The molecule has 1 aromatic rings. The van der Waals surface area contributed by atoms with Crippen LogP contribution in [0.1, 0.15) is 50.6 Å². The summed E-state index contributed by atoms with van der Waals surface area (Å²) in [4.78, 5) is 0. The van der Waals surface area contributed by atoms with Gasteiger partial charge in [0, 0.05) is 19.2 Å². The zero-order chi connectivity index (χ0) is 16.1. The zero-order valence-electron chi connectivity index (χ0n) is 14.3. The van der Waals surface area contributed by atoms with Gasteiger partial charge in [-0.1, -0.05) is 36.8 Å². The number of benzene rings is 1. The molecule has 0 heterocycles. The van der Waals surface area contributed by atoms with Crippen LogP contribution in [0.3, 0.4) is 0 Å². The van der Waals surface area contributed by atoms with E-state index in [1.807, 2.05) is 18.2 Å². The van der Waals surface area contributed by atoms with E-state index in [9.17, 15) is 5.11 Å². The standard InChI is InChI=1S/C20H31NO2/c1-15(17-5-3-2-4-6-17)21-13-20(22)14-23-10-9-19-12-16-7-8-18(19)11-16/h2-6,15-16,18-22H,7-14H2,1H3/t15-,16-,18-,19-,20-/m1/s1. The molecule has 3 heteroatoms. The highest BCUT2D eigenvalue weighted by Gasteiger charge is 2.38. The van der Waals surface area contributed by atoms with E-state index in [0.717, 1.165) is 24.4 Å². The van der Waals surface area contributed by atoms with Crippen molar-refractivity contribution in [2.24, 2.45) is 17.8 Å². The molecule has 2 aliphatic carbocycles. The molecule has 0 amide bonds. The maximum absolute atomic E-state index is 10.1. The molecule has 5 atom stereocenters. The highest BCUT2D eigenvalue weighted by molar-refractivity contribution is 5.17. The highest BCUT2D eigenvalue weighted by Crippen LogP contribution is 2.49. The van der Waals surface area contributed by atoms with Crippen LogP contribution in [0.5, 0.6) is 0 Å². The molecule has 0 spiro atoms. The molecule has 0 radical (unpaired) electrons. The summed E-state index contributed by atoms with van der Waals surface area (Å²) in [6.07, 6.45) is 6.55. The second-order valence-electron chi connectivity index (χ2n) is 7.49. The first-order valence-electron chi connectivity index (χ1n) is 9.26. The molecule has 0 aliphatic heterocycles. The molecule has 0 unspecified atom stereocenters. The third kappa shape index (κ3) is 4.79. The largest absolute Gasteiger partial charge is 0.389 e. The average Bonchev–Trinajstić information content (AvgIpc) is 3.20. The van der Waals surface area contributed by atoms with E-state index >= 15 is 0 Å². The number of nitrogens with one attached hydrogen (secondary N) is 1. The van der Waals surface area contributed by atoms with E-state index in [1.165, 1.54) is 37.7 Å². The van der Waals surface area contributed by atoms with E-state index < -0.39 is 6.10 Å². The summed E-state index contributed by atoms with van der Waals surface area (Å²) in [6, 6.07) is 10.6. The van der Waals surface area contributed by atoms with Crippen LogP contribution in [0.25, 0.3) is 0 Å². The molecule has 0 aromatic heterocycles. The fourth-order valence-corrected chi connectivity index (χ4v) is 4.42. The third-order valence-corrected chi connectivity index (χ3v) is 5.79. The first kappa shape index (κ1) is 16.9. The lowest BCUT2D eigenvalue weighted by Crippen LogP contribution is -2.32. The second-order valence-corrected chi connectivity index (χ2v) is 7.49. The van der Waals surface area contributed by atoms with Crippen molar-refractivity contribution in [2.75, 3.05) is 19.8 Å². The van der Waals surface area contributed by atoms with Crippen LogP contribution < -0.4 is 5.32 Å². The molecule has 3 nitrogen and oxygen atoms in total. The number of aliphatic hydroxyl groups excluding tert-OH is 1. The molecule has 2 N–H and O–H groups in total. The van der Waals surface area contributed by atoms with Crippen molar-refractivity contribution >= 4 is 0 Å². The van der Waals surface area contributed by atoms with Crippen LogP contribution >= 0.6 is 0 Å². The molecule has 2 bridgehead atoms. The SMILES string of the molecule is C[C@@H](NC[C@@H](O)COCC[C@@H]1C[C@@H]2CC[C@@H]1C2)c1ccccc1. The highest BCUT2D eigenvalue weighted by atomic mass is 16.5. The summed E-state index contributed by atoms with van der Waals surface area (Å²) < 4.78 is 5.71. The Morgan fingerprint density at radius 2 is 2.04 bits per heavy atom. The lowest BCUT2D eigenvalue weighted by atomic mass is 9.87. The number of hydrogen-bond donors (Lipinski definition) is 2. The minimum absolute atomic E-state index is 0.250. The molecular formula is C20H31NO2. The van der Waals surface area contributed by atoms with Crippen LogP contribution in [0.2, 0.25) is 0 Å². The van der Waals surface area contributed by atoms with E-state index in [0.29, 0.717) is 13.2 Å². The quantitative estimate of drug-likeness (QED) is 0.685. The molecule has 23 heavy (non-hydrogen) atoms. The molecule has 2 fully saturated rings. The minimum Gasteiger partial charge on any atom is -0.389 e. The van der Waals surface area contributed by atoms with Gasteiger partial charge in [0.05, 0.1) is 12.7 Å². The number of aliphatic hydroxyl groups is 1. The lowest BCUT2D eigenvalue weighted by molar-refractivity contribution is 0.0280. The number of rotatable bonds is 9. The molecular weight excluding hydrogens is 286 g/mol. The first-order chi connectivity index (χ1) is 11.2. The topological polar surface area (TPSA) is 41.5 Å². The first-order valence-corrected chi connectivity index (χ1v) is 9.26. The Balaban J connectivity index is 1.26. The summed E-state index contributed by atoms with van der Waals surface area (Å²) in [5.74, 6) is 2.88. The van der Waals surface area contributed by atoms with Crippen molar-refractivity contribution in [3.63, 3.8) is 0 Å². The summed E-state index contributed by atoms with van der Waals surface area (Å²) in [6.45, 7) is 3.94. The average molecular weight is 317 g/mol. The van der Waals surface area contributed by atoms with Crippen molar-refractivity contribution < 1.29 is 9.84 Å². The van der Waals surface area contributed by atoms with Gasteiger partial charge in [-0.05, 0) is 55.9 Å². The second kappa shape index (κ2) is 8.27. The Hall–Kier alpha value is -0.900. The van der Waals surface area contributed by atoms with Crippen LogP contribution in [-0.2, 0) is 4.74 Å². The van der Waals surface area contributed by atoms with Crippen LogP contribution in [0, 0.1) is 17.8 Å². The summed E-state index contributed by atoms with van der Waals surface area (Å²) in [7, 11) is 0. The Labute approximate surface area is 140 Å². The Morgan fingerprint density at radius 1 is 1.22 bits per heavy atom. The van der Waals surface area contributed by atoms with E-state index in [-0.39, 0.29) is 6.04 Å². The van der Waals surface area contributed by atoms with Crippen LogP contribution in [0.15, 0.2) is 30.3 Å². The Morgan fingerprint density at radius 3 is 2.74 bits per heavy atom. The predicted octanol–water partition coefficient (Wildman–Crippen LogP) is 3.54. The summed E-state index contributed by atoms with van der Waals surface area (Å²) in [5, 5.41) is 13.4. The number of fused-ring (bicyclic) bond motifs is 2. The number of ether oxygens (including phenoxy) is 1. The van der Waals surface area contributed by atoms with Crippen molar-refractivity contribution in [2.45, 2.75) is 51.2 Å². The van der Waals surface area contributed by atoms with Gasteiger partial charge in [-0.2, -0.15) is 0 Å². The fourth-order valence-electron chi connectivity index (χ4n) is 4.42. The Kier molecular flexibility index (Phi) is 6.09. The predicted molar refractivity (Wildman–Crippen MR) is 93.2 cm³/mol. The van der Waals surface area contributed by atoms with Gasteiger partial charge in [0.1, 0.15) is 0 Å². The van der Waals surface area contributed by atoms with Crippen molar-refractivity contribution in [1.29, 1.82) is 0 Å². The van der Waals surface area contributed by atoms with Gasteiger partial charge < -0.3 is 15.2 Å². The lowest BCUT2D eigenvalue weighted by Gasteiger charge is -2.22. The zero-order valence-corrected chi connectivity index (χ0v) is 14.3. The van der Waals surface area contributed by atoms with Gasteiger partial charge in [-0.15, -0.1) is 0 Å². The van der Waals surface area contributed by atoms with Gasteiger partial charge in [-0.3, -0.25) is 0 Å². The van der Waals surface area contributed by atoms with E-state index in [1.54, 1.807) is 0 Å².